The number of para-hydroxylation sites is 1. The second kappa shape index (κ2) is 7.05. The number of aromatic nitrogens is 4. The second-order valence-corrected chi connectivity index (χ2v) is 6.45. The molecule has 0 N–H and O–H groups in total. The van der Waals surface area contributed by atoms with Crippen LogP contribution in [0.4, 0.5) is 13.2 Å². The largest absolute Gasteiger partial charge is 0.416 e. The van der Waals surface area contributed by atoms with Gasteiger partial charge in [0, 0.05) is 11.8 Å². The molecule has 5 nitrogen and oxygen atoms in total. The van der Waals surface area contributed by atoms with Crippen molar-refractivity contribution in [2.75, 3.05) is 0 Å². The van der Waals surface area contributed by atoms with Crippen molar-refractivity contribution >= 4 is 0 Å². The quantitative estimate of drug-likeness (QED) is 0.515. The van der Waals surface area contributed by atoms with Crippen LogP contribution in [0.25, 0.3) is 22.8 Å². The maximum absolute atomic E-state index is 13.1. The lowest BCUT2D eigenvalue weighted by Gasteiger charge is -2.13. The molecule has 4 aromatic rings. The van der Waals surface area contributed by atoms with Crippen LogP contribution in [0.1, 0.15) is 11.1 Å². The highest BCUT2D eigenvalue weighted by molar-refractivity contribution is 5.58. The summed E-state index contributed by atoms with van der Waals surface area (Å²) in [7, 11) is 0. The van der Waals surface area contributed by atoms with Crippen molar-refractivity contribution in [3.8, 4) is 22.8 Å². The monoisotopic (exact) mass is 396 g/mol. The van der Waals surface area contributed by atoms with Crippen LogP contribution in [0.15, 0.2) is 77.9 Å². The highest BCUT2D eigenvalue weighted by Gasteiger charge is 2.30. The fraction of sp³-hybridized carbons (Fsp3) is 0.0952. The van der Waals surface area contributed by atoms with E-state index in [4.69, 9.17) is 0 Å². The molecule has 0 saturated carbocycles. The lowest BCUT2D eigenvalue weighted by Crippen LogP contribution is -2.18. The van der Waals surface area contributed by atoms with Crippen LogP contribution < -0.4 is 5.43 Å². The molecule has 29 heavy (non-hydrogen) atoms. The van der Waals surface area contributed by atoms with Gasteiger partial charge in [0.25, 0.3) is 0 Å². The Kier molecular flexibility index (Phi) is 4.54. The Morgan fingerprint density at radius 3 is 2.38 bits per heavy atom. The summed E-state index contributed by atoms with van der Waals surface area (Å²) in [6.45, 7) is 1.60. The topological polar surface area (TPSA) is 52.7 Å². The molecule has 0 atom stereocenters. The van der Waals surface area contributed by atoms with E-state index < -0.39 is 11.7 Å². The van der Waals surface area contributed by atoms with Gasteiger partial charge in [-0.15, -0.1) is 0 Å². The summed E-state index contributed by atoms with van der Waals surface area (Å²) in [5, 5.41) is 8.59. The van der Waals surface area contributed by atoms with Gasteiger partial charge in [0.05, 0.1) is 28.8 Å². The molecule has 0 radical (unpaired) electrons. The zero-order valence-corrected chi connectivity index (χ0v) is 15.3. The van der Waals surface area contributed by atoms with Gasteiger partial charge in [-0.1, -0.05) is 24.3 Å². The second-order valence-electron chi connectivity index (χ2n) is 6.45. The van der Waals surface area contributed by atoms with Crippen LogP contribution in [0.5, 0.6) is 0 Å². The minimum Gasteiger partial charge on any atom is -0.287 e. The molecular weight excluding hydrogens is 381 g/mol. The first kappa shape index (κ1) is 18.7. The van der Waals surface area contributed by atoms with Gasteiger partial charge >= 0.3 is 6.18 Å². The average Bonchev–Trinajstić information content (AvgIpc) is 3.20. The molecule has 0 aliphatic carbocycles. The first-order valence-corrected chi connectivity index (χ1v) is 8.72. The third kappa shape index (κ3) is 3.56. The third-order valence-corrected chi connectivity index (χ3v) is 4.42. The number of halogens is 3. The van der Waals surface area contributed by atoms with Crippen molar-refractivity contribution in [3.63, 3.8) is 0 Å². The van der Waals surface area contributed by atoms with Crippen LogP contribution in [0, 0.1) is 6.92 Å². The van der Waals surface area contributed by atoms with E-state index in [-0.39, 0.29) is 16.8 Å². The first-order valence-electron chi connectivity index (χ1n) is 8.72. The van der Waals surface area contributed by atoms with Crippen molar-refractivity contribution in [3.05, 3.63) is 94.4 Å². The zero-order chi connectivity index (χ0) is 20.6. The molecular formula is C21H15F3N4O. The van der Waals surface area contributed by atoms with Gasteiger partial charge in [0.15, 0.2) is 5.69 Å². The Balaban J connectivity index is 1.88. The van der Waals surface area contributed by atoms with E-state index in [1.807, 2.05) is 30.3 Å². The van der Waals surface area contributed by atoms with Gasteiger partial charge in [-0.2, -0.15) is 23.4 Å². The van der Waals surface area contributed by atoms with Crippen LogP contribution in [-0.2, 0) is 6.18 Å². The van der Waals surface area contributed by atoms with Gasteiger partial charge in [-0.05, 0) is 43.3 Å². The molecule has 0 aliphatic heterocycles. The molecule has 0 unspecified atom stereocenters. The molecule has 2 aromatic carbocycles. The number of hydrogen-bond donors (Lipinski definition) is 0. The molecule has 8 heteroatoms. The smallest absolute Gasteiger partial charge is 0.287 e. The molecule has 0 saturated heterocycles. The maximum atomic E-state index is 13.1. The molecule has 2 heterocycles. The lowest BCUT2D eigenvalue weighted by atomic mass is 10.2. The van der Waals surface area contributed by atoms with E-state index >= 15 is 0 Å². The summed E-state index contributed by atoms with van der Waals surface area (Å²) in [5.41, 5.74) is 0.744. The van der Waals surface area contributed by atoms with Crippen molar-refractivity contribution in [1.82, 2.24) is 19.6 Å². The van der Waals surface area contributed by atoms with Gasteiger partial charge in [0.2, 0.25) is 5.43 Å². The Morgan fingerprint density at radius 1 is 0.931 bits per heavy atom. The van der Waals surface area contributed by atoms with Gasteiger partial charge < -0.3 is 0 Å². The number of hydrogen-bond acceptors (Lipinski definition) is 3. The molecule has 4 rings (SSSR count). The zero-order valence-electron chi connectivity index (χ0n) is 15.3. The number of benzene rings is 2. The first-order chi connectivity index (χ1) is 13.8. The summed E-state index contributed by atoms with van der Waals surface area (Å²) >= 11 is 0. The Labute approximate surface area is 163 Å². The molecule has 146 valence electrons. The van der Waals surface area contributed by atoms with Crippen LogP contribution >= 0.6 is 0 Å². The van der Waals surface area contributed by atoms with Gasteiger partial charge in [-0.3, -0.25) is 4.79 Å². The van der Waals surface area contributed by atoms with E-state index in [0.29, 0.717) is 11.3 Å². The summed E-state index contributed by atoms with van der Waals surface area (Å²) in [6.07, 6.45) is -1.51. The number of aryl methyl sites for hydroxylation is 1. The molecule has 2 aromatic heterocycles. The van der Waals surface area contributed by atoms with Crippen molar-refractivity contribution in [2.45, 2.75) is 13.1 Å². The standard InChI is InChI=1S/C21H15F3N4O/c1-14-13-27(17-9-5-6-15(12-17)21(22,23)24)26-19(20(14)29)18-10-11-25-28(18)16-7-3-2-4-8-16/h2-13H,1H3. The van der Waals surface area contributed by atoms with E-state index in [1.54, 1.807) is 23.9 Å². The predicted molar refractivity (Wildman–Crippen MR) is 102 cm³/mol. The highest BCUT2D eigenvalue weighted by Crippen LogP contribution is 2.30. The van der Waals surface area contributed by atoms with Crippen molar-refractivity contribution in [1.29, 1.82) is 0 Å². The SMILES string of the molecule is Cc1cn(-c2cccc(C(F)(F)F)c2)nc(-c2ccnn2-c2ccccc2)c1=O. The Morgan fingerprint density at radius 2 is 1.66 bits per heavy atom. The summed E-state index contributed by atoms with van der Waals surface area (Å²) in [4.78, 5) is 12.8. The van der Waals surface area contributed by atoms with Crippen molar-refractivity contribution in [2.24, 2.45) is 0 Å². The van der Waals surface area contributed by atoms with Gasteiger partial charge in [0.1, 0.15) is 0 Å². The molecule has 0 fully saturated rings. The number of rotatable bonds is 3. The predicted octanol–water partition coefficient (Wildman–Crippen LogP) is 4.41. The third-order valence-electron chi connectivity index (χ3n) is 4.42. The van der Waals surface area contributed by atoms with E-state index in [1.165, 1.54) is 23.0 Å². The van der Waals surface area contributed by atoms with Gasteiger partial charge in [-0.25, -0.2) is 9.36 Å². The molecule has 0 bridgehead atoms. The van der Waals surface area contributed by atoms with Crippen LogP contribution in [0.3, 0.4) is 0 Å². The minimum atomic E-state index is -4.47. The highest BCUT2D eigenvalue weighted by atomic mass is 19.4. The summed E-state index contributed by atoms with van der Waals surface area (Å²) in [5.74, 6) is 0. The average molecular weight is 396 g/mol. The Bertz CT molecular complexity index is 1230. The fourth-order valence-corrected chi connectivity index (χ4v) is 2.99. The maximum Gasteiger partial charge on any atom is 0.416 e. The van der Waals surface area contributed by atoms with Crippen molar-refractivity contribution < 1.29 is 13.2 Å². The minimum absolute atomic E-state index is 0.101. The lowest BCUT2D eigenvalue weighted by molar-refractivity contribution is -0.137. The van der Waals surface area contributed by atoms with Crippen LogP contribution in [0.2, 0.25) is 0 Å². The van der Waals surface area contributed by atoms with E-state index in [0.717, 1.165) is 17.8 Å². The molecule has 0 spiro atoms. The Hall–Kier alpha value is -3.68. The van der Waals surface area contributed by atoms with Crippen LogP contribution in [-0.4, -0.2) is 19.6 Å². The summed E-state index contributed by atoms with van der Waals surface area (Å²) in [6, 6.07) is 15.6. The number of alkyl halides is 3. The fourth-order valence-electron chi connectivity index (χ4n) is 2.99. The summed E-state index contributed by atoms with van der Waals surface area (Å²) < 4.78 is 42.1. The van der Waals surface area contributed by atoms with E-state index in [9.17, 15) is 18.0 Å². The van der Waals surface area contributed by atoms with E-state index in [2.05, 4.69) is 10.2 Å². The molecule has 0 aliphatic rings. The number of nitrogens with zero attached hydrogens (tertiary/aromatic N) is 4. The normalized spacial score (nSPS) is 11.6. The molecule has 0 amide bonds.